The van der Waals surface area contributed by atoms with Crippen molar-refractivity contribution in [2.75, 3.05) is 25.4 Å². The molecular weight excluding hydrogens is 208 g/mol. The first-order valence-corrected chi connectivity index (χ1v) is 6.40. The summed E-state index contributed by atoms with van der Waals surface area (Å²) < 4.78 is 0. The molecule has 0 atom stereocenters. The molecular formula is C11H18N2OS. The molecule has 4 heteroatoms. The monoisotopic (exact) mass is 226 g/mol. The molecule has 2 N–H and O–H groups in total. The van der Waals surface area contributed by atoms with E-state index >= 15 is 0 Å². The SMILES string of the molecule is C#CCCNC(=O)CSC1CCNCC1. The number of piperidine rings is 1. The van der Waals surface area contributed by atoms with Gasteiger partial charge >= 0.3 is 0 Å². The highest BCUT2D eigenvalue weighted by Gasteiger charge is 2.14. The van der Waals surface area contributed by atoms with E-state index in [0.717, 1.165) is 13.1 Å². The molecule has 1 heterocycles. The number of terminal acetylenes is 1. The van der Waals surface area contributed by atoms with E-state index in [1.54, 1.807) is 11.8 Å². The minimum Gasteiger partial charge on any atom is -0.354 e. The largest absolute Gasteiger partial charge is 0.354 e. The van der Waals surface area contributed by atoms with Gasteiger partial charge in [0.15, 0.2) is 0 Å². The average Bonchev–Trinajstić information content (AvgIpc) is 2.28. The van der Waals surface area contributed by atoms with Gasteiger partial charge in [-0.1, -0.05) is 0 Å². The number of carbonyl (C=O) groups is 1. The molecule has 0 aromatic heterocycles. The smallest absolute Gasteiger partial charge is 0.230 e. The fourth-order valence-corrected chi connectivity index (χ4v) is 2.54. The van der Waals surface area contributed by atoms with Gasteiger partial charge in [0, 0.05) is 18.2 Å². The van der Waals surface area contributed by atoms with Crippen LogP contribution in [0.25, 0.3) is 0 Å². The number of thioether (sulfide) groups is 1. The van der Waals surface area contributed by atoms with Crippen molar-refractivity contribution in [2.45, 2.75) is 24.5 Å². The Morgan fingerprint density at radius 3 is 2.93 bits per heavy atom. The van der Waals surface area contributed by atoms with Crippen molar-refractivity contribution in [3.8, 4) is 12.3 Å². The van der Waals surface area contributed by atoms with E-state index in [0.29, 0.717) is 24.0 Å². The van der Waals surface area contributed by atoms with Gasteiger partial charge in [0.2, 0.25) is 5.91 Å². The lowest BCUT2D eigenvalue weighted by Gasteiger charge is -2.21. The molecule has 1 fully saturated rings. The molecule has 3 nitrogen and oxygen atoms in total. The van der Waals surface area contributed by atoms with Crippen LogP contribution < -0.4 is 10.6 Å². The van der Waals surface area contributed by atoms with Crippen molar-refractivity contribution < 1.29 is 4.79 Å². The first-order valence-electron chi connectivity index (χ1n) is 5.35. The van der Waals surface area contributed by atoms with Crippen molar-refractivity contribution in [3.63, 3.8) is 0 Å². The summed E-state index contributed by atoms with van der Waals surface area (Å²) in [6.07, 6.45) is 8.04. The van der Waals surface area contributed by atoms with Crippen molar-refractivity contribution in [1.82, 2.24) is 10.6 Å². The Labute approximate surface area is 95.8 Å². The van der Waals surface area contributed by atoms with E-state index in [-0.39, 0.29) is 5.91 Å². The Morgan fingerprint density at radius 2 is 2.27 bits per heavy atom. The van der Waals surface area contributed by atoms with Crippen LogP contribution in [-0.4, -0.2) is 36.5 Å². The molecule has 1 amide bonds. The standard InChI is InChI=1S/C11H18N2OS/c1-2-3-6-13-11(14)9-15-10-4-7-12-8-5-10/h1,10,12H,3-9H2,(H,13,14). The van der Waals surface area contributed by atoms with Gasteiger partial charge in [-0.25, -0.2) is 0 Å². The third-order valence-corrected chi connectivity index (χ3v) is 3.70. The summed E-state index contributed by atoms with van der Waals surface area (Å²) in [5, 5.41) is 6.76. The summed E-state index contributed by atoms with van der Waals surface area (Å²) in [4.78, 5) is 11.3. The Balaban J connectivity index is 2.03. The predicted molar refractivity (Wildman–Crippen MR) is 64.8 cm³/mol. The van der Waals surface area contributed by atoms with E-state index in [9.17, 15) is 4.79 Å². The topological polar surface area (TPSA) is 41.1 Å². The predicted octanol–water partition coefficient (Wildman–Crippen LogP) is 0.611. The van der Waals surface area contributed by atoms with Crippen LogP contribution in [0.5, 0.6) is 0 Å². The summed E-state index contributed by atoms with van der Waals surface area (Å²) in [7, 11) is 0. The molecule has 0 aromatic rings. The molecule has 0 aromatic carbocycles. The molecule has 0 radical (unpaired) electrons. The molecule has 0 aliphatic carbocycles. The zero-order valence-electron chi connectivity index (χ0n) is 8.92. The minimum absolute atomic E-state index is 0.105. The van der Waals surface area contributed by atoms with Crippen LogP contribution >= 0.6 is 11.8 Å². The Hall–Kier alpha value is -0.660. The number of hydrogen-bond donors (Lipinski definition) is 2. The maximum absolute atomic E-state index is 11.3. The molecule has 1 rings (SSSR count). The maximum atomic E-state index is 11.3. The number of carbonyl (C=O) groups excluding carboxylic acids is 1. The summed E-state index contributed by atoms with van der Waals surface area (Å²) in [5.41, 5.74) is 0. The summed E-state index contributed by atoms with van der Waals surface area (Å²) in [6, 6.07) is 0. The van der Waals surface area contributed by atoms with E-state index in [1.165, 1.54) is 12.8 Å². The lowest BCUT2D eigenvalue weighted by molar-refractivity contribution is -0.118. The van der Waals surface area contributed by atoms with Crippen LogP contribution in [0.4, 0.5) is 0 Å². The maximum Gasteiger partial charge on any atom is 0.230 e. The second-order valence-corrected chi connectivity index (χ2v) is 4.85. The molecule has 84 valence electrons. The third-order valence-electron chi connectivity index (χ3n) is 2.33. The third kappa shape index (κ3) is 5.71. The van der Waals surface area contributed by atoms with Gasteiger partial charge in [0.05, 0.1) is 5.75 Å². The normalized spacial score (nSPS) is 17.0. The van der Waals surface area contributed by atoms with Crippen LogP contribution in [0.2, 0.25) is 0 Å². The molecule has 1 aliphatic heterocycles. The van der Waals surface area contributed by atoms with Crippen molar-refractivity contribution in [3.05, 3.63) is 0 Å². The van der Waals surface area contributed by atoms with Gasteiger partial charge < -0.3 is 10.6 Å². The molecule has 0 bridgehead atoms. The second-order valence-electron chi connectivity index (χ2n) is 3.56. The van der Waals surface area contributed by atoms with Gasteiger partial charge in [-0.2, -0.15) is 0 Å². The van der Waals surface area contributed by atoms with Gasteiger partial charge in [0.1, 0.15) is 0 Å². The fraction of sp³-hybridized carbons (Fsp3) is 0.727. The van der Waals surface area contributed by atoms with Crippen molar-refractivity contribution >= 4 is 17.7 Å². The molecule has 15 heavy (non-hydrogen) atoms. The highest BCUT2D eigenvalue weighted by molar-refractivity contribution is 8.00. The van der Waals surface area contributed by atoms with E-state index < -0.39 is 0 Å². The lowest BCUT2D eigenvalue weighted by Crippen LogP contribution is -2.31. The zero-order valence-corrected chi connectivity index (χ0v) is 9.74. The summed E-state index contributed by atoms with van der Waals surface area (Å²) in [5.74, 6) is 3.17. The Morgan fingerprint density at radius 1 is 1.53 bits per heavy atom. The summed E-state index contributed by atoms with van der Waals surface area (Å²) in [6.45, 7) is 2.76. The highest BCUT2D eigenvalue weighted by atomic mass is 32.2. The molecule has 0 spiro atoms. The Kier molecular flexibility index (Phi) is 6.29. The van der Waals surface area contributed by atoms with Crippen LogP contribution in [-0.2, 0) is 4.79 Å². The minimum atomic E-state index is 0.105. The number of hydrogen-bond acceptors (Lipinski definition) is 3. The first kappa shape index (κ1) is 12.4. The average molecular weight is 226 g/mol. The fourth-order valence-electron chi connectivity index (χ4n) is 1.48. The van der Waals surface area contributed by atoms with Crippen LogP contribution in [0.3, 0.4) is 0 Å². The number of rotatable bonds is 5. The van der Waals surface area contributed by atoms with Crippen molar-refractivity contribution in [2.24, 2.45) is 0 Å². The molecule has 1 saturated heterocycles. The van der Waals surface area contributed by atoms with Gasteiger partial charge in [-0.3, -0.25) is 4.79 Å². The van der Waals surface area contributed by atoms with Crippen LogP contribution in [0, 0.1) is 12.3 Å². The van der Waals surface area contributed by atoms with Crippen LogP contribution in [0.15, 0.2) is 0 Å². The summed E-state index contributed by atoms with van der Waals surface area (Å²) >= 11 is 1.76. The molecule has 1 aliphatic rings. The van der Waals surface area contributed by atoms with Gasteiger partial charge in [-0.15, -0.1) is 24.1 Å². The van der Waals surface area contributed by atoms with Crippen LogP contribution in [0.1, 0.15) is 19.3 Å². The van der Waals surface area contributed by atoms with E-state index in [2.05, 4.69) is 16.6 Å². The van der Waals surface area contributed by atoms with Crippen molar-refractivity contribution in [1.29, 1.82) is 0 Å². The lowest BCUT2D eigenvalue weighted by atomic mass is 10.2. The zero-order chi connectivity index (χ0) is 10.9. The van der Waals surface area contributed by atoms with E-state index in [1.807, 2.05) is 0 Å². The highest BCUT2D eigenvalue weighted by Crippen LogP contribution is 2.19. The second kappa shape index (κ2) is 7.61. The van der Waals surface area contributed by atoms with Gasteiger partial charge in [0.25, 0.3) is 0 Å². The molecule has 0 unspecified atom stereocenters. The van der Waals surface area contributed by atoms with Gasteiger partial charge in [-0.05, 0) is 25.9 Å². The van der Waals surface area contributed by atoms with E-state index in [4.69, 9.17) is 6.42 Å². The quantitative estimate of drug-likeness (QED) is 0.533. The first-order chi connectivity index (χ1) is 7.33. The molecule has 0 saturated carbocycles. The Bertz CT molecular complexity index is 231. The number of nitrogens with one attached hydrogen (secondary N) is 2. The number of amides is 1.